The minimum absolute atomic E-state index is 0.197. The first-order valence-corrected chi connectivity index (χ1v) is 10.6. The third kappa shape index (κ3) is 4.86. The highest BCUT2D eigenvalue weighted by molar-refractivity contribution is 7.92. The number of hydrogen-bond donors (Lipinski definition) is 0. The second-order valence-corrected chi connectivity index (χ2v) is 8.81. The van der Waals surface area contributed by atoms with Crippen molar-refractivity contribution < 1.29 is 13.2 Å². The van der Waals surface area contributed by atoms with Gasteiger partial charge in [-0.05, 0) is 37.6 Å². The fraction of sp³-hybridized carbons (Fsp3) is 0.588. The van der Waals surface area contributed by atoms with Gasteiger partial charge in [0.2, 0.25) is 15.9 Å². The number of halogens is 1. The van der Waals surface area contributed by atoms with Crippen LogP contribution in [0.5, 0.6) is 0 Å². The second kappa shape index (κ2) is 7.93. The van der Waals surface area contributed by atoms with E-state index in [1.54, 1.807) is 17.9 Å². The maximum absolute atomic E-state index is 12.7. The zero-order chi connectivity index (χ0) is 18.8. The summed E-state index contributed by atoms with van der Waals surface area (Å²) < 4.78 is 25.8. The Bertz CT molecular complexity index is 721. The van der Waals surface area contributed by atoms with Gasteiger partial charge in [-0.3, -0.25) is 9.10 Å². The van der Waals surface area contributed by atoms with E-state index >= 15 is 0 Å². The van der Waals surface area contributed by atoms with Crippen LogP contribution in [0.4, 0.5) is 5.69 Å². The molecule has 1 amide bonds. The Hall–Kier alpha value is -1.31. The van der Waals surface area contributed by atoms with Gasteiger partial charge >= 0.3 is 0 Å². The number of rotatable bonds is 5. The minimum Gasteiger partial charge on any atom is -0.339 e. The summed E-state index contributed by atoms with van der Waals surface area (Å²) in [5.41, 5.74) is 2.07. The molecule has 0 spiro atoms. The summed E-state index contributed by atoms with van der Waals surface area (Å²) in [6, 6.07) is 3.58. The van der Waals surface area contributed by atoms with Gasteiger partial charge in [0.1, 0.15) is 6.54 Å². The Morgan fingerprint density at radius 1 is 1.20 bits per heavy atom. The number of nitrogens with zero attached hydrogens (tertiary/aromatic N) is 3. The van der Waals surface area contributed by atoms with Crippen molar-refractivity contribution >= 4 is 33.2 Å². The Morgan fingerprint density at radius 3 is 2.28 bits per heavy atom. The molecular weight excluding hydrogens is 362 g/mol. The van der Waals surface area contributed by atoms with Gasteiger partial charge in [0.05, 0.1) is 17.0 Å². The highest BCUT2D eigenvalue weighted by Crippen LogP contribution is 2.32. The number of aryl methyl sites for hydroxylation is 2. The lowest BCUT2D eigenvalue weighted by atomic mass is 10.1. The molecule has 8 heteroatoms. The normalized spacial score (nSPS) is 16.1. The zero-order valence-corrected chi connectivity index (χ0v) is 16.8. The molecule has 1 aromatic carbocycles. The molecule has 0 saturated carbocycles. The summed E-state index contributed by atoms with van der Waals surface area (Å²) in [5, 5.41) is 0.339. The lowest BCUT2D eigenvalue weighted by Crippen LogP contribution is -2.51. The van der Waals surface area contributed by atoms with Gasteiger partial charge in [0, 0.05) is 26.2 Å². The number of hydrogen-bond acceptors (Lipinski definition) is 4. The van der Waals surface area contributed by atoms with Crippen molar-refractivity contribution in [3.63, 3.8) is 0 Å². The monoisotopic (exact) mass is 387 g/mol. The van der Waals surface area contributed by atoms with Crippen LogP contribution >= 0.6 is 11.6 Å². The molecule has 0 aliphatic carbocycles. The van der Waals surface area contributed by atoms with Crippen LogP contribution < -0.4 is 4.31 Å². The molecule has 0 N–H and O–H groups in total. The average molecular weight is 388 g/mol. The molecule has 1 aliphatic rings. The Kier molecular flexibility index (Phi) is 6.35. The minimum atomic E-state index is -3.63. The SMILES string of the molecule is CCN1CCN(C(=O)CN(c2c(C)cc(C)cc2Cl)S(C)(=O)=O)CC1. The van der Waals surface area contributed by atoms with Gasteiger partial charge < -0.3 is 9.80 Å². The highest BCUT2D eigenvalue weighted by Gasteiger charge is 2.28. The maximum atomic E-state index is 12.7. The van der Waals surface area contributed by atoms with Crippen molar-refractivity contribution in [3.8, 4) is 0 Å². The van der Waals surface area contributed by atoms with Gasteiger partial charge in [0.25, 0.3) is 0 Å². The summed E-state index contributed by atoms with van der Waals surface area (Å²) >= 11 is 6.31. The lowest BCUT2D eigenvalue weighted by Gasteiger charge is -2.35. The lowest BCUT2D eigenvalue weighted by molar-refractivity contribution is -0.131. The van der Waals surface area contributed by atoms with Gasteiger partial charge in [-0.1, -0.05) is 24.6 Å². The molecule has 1 aromatic rings. The van der Waals surface area contributed by atoms with Crippen molar-refractivity contribution in [1.29, 1.82) is 0 Å². The summed E-state index contributed by atoms with van der Waals surface area (Å²) in [6.45, 7) is 9.37. The summed E-state index contributed by atoms with van der Waals surface area (Å²) in [5.74, 6) is -0.197. The van der Waals surface area contributed by atoms with Crippen LogP contribution in [0.2, 0.25) is 5.02 Å². The fourth-order valence-electron chi connectivity index (χ4n) is 3.12. The molecule has 1 heterocycles. The van der Waals surface area contributed by atoms with E-state index in [0.717, 1.165) is 41.3 Å². The number of amides is 1. The van der Waals surface area contributed by atoms with E-state index in [-0.39, 0.29) is 12.5 Å². The standard InChI is InChI=1S/C17H26ClN3O3S/c1-5-19-6-8-20(9-7-19)16(22)12-21(25(4,23)24)17-14(3)10-13(2)11-15(17)18/h10-11H,5-9,12H2,1-4H3. The van der Waals surface area contributed by atoms with Crippen molar-refractivity contribution in [3.05, 3.63) is 28.3 Å². The van der Waals surface area contributed by atoms with Crippen LogP contribution in [0.3, 0.4) is 0 Å². The predicted octanol–water partition coefficient (Wildman–Crippen LogP) is 1.89. The summed E-state index contributed by atoms with van der Waals surface area (Å²) in [6.07, 6.45) is 1.10. The van der Waals surface area contributed by atoms with E-state index in [1.165, 1.54) is 0 Å². The molecule has 0 radical (unpaired) electrons. The van der Waals surface area contributed by atoms with E-state index < -0.39 is 10.0 Å². The molecule has 1 saturated heterocycles. The Labute approximate surface area is 155 Å². The van der Waals surface area contributed by atoms with Crippen molar-refractivity contribution in [2.24, 2.45) is 0 Å². The number of anilines is 1. The number of benzene rings is 1. The summed E-state index contributed by atoms with van der Waals surface area (Å²) in [4.78, 5) is 16.7. The van der Waals surface area contributed by atoms with Crippen LogP contribution in [0.25, 0.3) is 0 Å². The molecule has 1 aliphatic heterocycles. The largest absolute Gasteiger partial charge is 0.339 e. The Balaban J connectivity index is 2.25. The number of piperazine rings is 1. The molecule has 6 nitrogen and oxygen atoms in total. The van der Waals surface area contributed by atoms with Crippen molar-refractivity contribution in [2.75, 3.05) is 49.8 Å². The maximum Gasteiger partial charge on any atom is 0.243 e. The van der Waals surface area contributed by atoms with Crippen molar-refractivity contribution in [1.82, 2.24) is 9.80 Å². The fourth-order valence-corrected chi connectivity index (χ4v) is 4.51. The van der Waals surface area contributed by atoms with Crippen LogP contribution in [0, 0.1) is 13.8 Å². The van der Waals surface area contributed by atoms with Crippen LogP contribution in [0.15, 0.2) is 12.1 Å². The molecule has 0 aromatic heterocycles. The Morgan fingerprint density at radius 2 is 1.80 bits per heavy atom. The molecular formula is C17H26ClN3O3S. The molecule has 140 valence electrons. The second-order valence-electron chi connectivity index (χ2n) is 6.50. The number of likely N-dealkylation sites (N-methyl/N-ethyl adjacent to an activating group) is 1. The van der Waals surface area contributed by atoms with Crippen LogP contribution in [-0.4, -0.2) is 69.6 Å². The zero-order valence-electron chi connectivity index (χ0n) is 15.2. The predicted molar refractivity (Wildman–Crippen MR) is 102 cm³/mol. The summed E-state index contributed by atoms with van der Waals surface area (Å²) in [7, 11) is -3.63. The number of sulfonamides is 1. The van der Waals surface area contributed by atoms with Gasteiger partial charge in [-0.2, -0.15) is 0 Å². The quantitative estimate of drug-likeness (QED) is 0.774. The number of carbonyl (C=O) groups is 1. The van der Waals surface area contributed by atoms with E-state index in [2.05, 4.69) is 11.8 Å². The highest BCUT2D eigenvalue weighted by atomic mass is 35.5. The topological polar surface area (TPSA) is 60.9 Å². The third-order valence-corrected chi connectivity index (χ3v) is 5.90. The van der Waals surface area contributed by atoms with Gasteiger partial charge in [0.15, 0.2) is 0 Å². The smallest absolute Gasteiger partial charge is 0.243 e. The number of carbonyl (C=O) groups excluding carboxylic acids is 1. The molecule has 25 heavy (non-hydrogen) atoms. The third-order valence-electron chi connectivity index (χ3n) is 4.50. The molecule has 0 unspecified atom stereocenters. The molecule has 2 rings (SSSR count). The average Bonchev–Trinajstić information content (AvgIpc) is 2.52. The van der Waals surface area contributed by atoms with Crippen LogP contribution in [-0.2, 0) is 14.8 Å². The first kappa shape index (κ1) is 20.0. The van der Waals surface area contributed by atoms with Gasteiger partial charge in [-0.15, -0.1) is 0 Å². The van der Waals surface area contributed by atoms with E-state index in [1.807, 2.05) is 13.0 Å². The molecule has 0 bridgehead atoms. The molecule has 1 fully saturated rings. The first-order chi connectivity index (χ1) is 11.6. The van der Waals surface area contributed by atoms with Crippen molar-refractivity contribution in [2.45, 2.75) is 20.8 Å². The van der Waals surface area contributed by atoms with Crippen LogP contribution in [0.1, 0.15) is 18.1 Å². The van der Waals surface area contributed by atoms with E-state index in [0.29, 0.717) is 23.8 Å². The van der Waals surface area contributed by atoms with E-state index in [9.17, 15) is 13.2 Å². The first-order valence-electron chi connectivity index (χ1n) is 8.38. The van der Waals surface area contributed by atoms with Gasteiger partial charge in [-0.25, -0.2) is 8.42 Å². The molecule has 0 atom stereocenters. The van der Waals surface area contributed by atoms with E-state index in [4.69, 9.17) is 11.6 Å².